The van der Waals surface area contributed by atoms with Crippen molar-refractivity contribution >= 4 is 28.9 Å². The predicted octanol–water partition coefficient (Wildman–Crippen LogP) is 4.50. The van der Waals surface area contributed by atoms with Gasteiger partial charge in [0.15, 0.2) is 6.61 Å². The monoisotopic (exact) mass is 402 g/mol. The number of nitrogens with zero attached hydrogens (tertiary/aromatic N) is 1. The number of benzene rings is 2. The summed E-state index contributed by atoms with van der Waals surface area (Å²) < 4.78 is 31.6. The molecule has 3 rings (SSSR count). The van der Waals surface area contributed by atoms with Crippen LogP contribution in [0, 0.1) is 25.5 Å². The Balaban J connectivity index is 1.62. The van der Waals surface area contributed by atoms with Gasteiger partial charge in [-0.05, 0) is 55.8 Å². The zero-order valence-corrected chi connectivity index (χ0v) is 15.9. The minimum atomic E-state index is -0.686. The number of ether oxygens (including phenoxy) is 1. The number of carbonyl (C=O) groups is 2. The molecule has 144 valence electrons. The fourth-order valence-electron chi connectivity index (χ4n) is 2.37. The van der Waals surface area contributed by atoms with Crippen LogP contribution in [0.3, 0.4) is 0 Å². The second-order valence-corrected chi connectivity index (χ2v) is 7.03. The summed E-state index contributed by atoms with van der Waals surface area (Å²) in [7, 11) is 0. The molecule has 0 radical (unpaired) electrons. The fourth-order valence-corrected chi connectivity index (χ4v) is 3.33. The lowest BCUT2D eigenvalue weighted by Gasteiger charge is -2.07. The molecule has 2 aromatic carbocycles. The van der Waals surface area contributed by atoms with Gasteiger partial charge in [0.25, 0.3) is 5.91 Å². The number of rotatable bonds is 5. The van der Waals surface area contributed by atoms with Gasteiger partial charge in [0, 0.05) is 11.3 Å². The van der Waals surface area contributed by atoms with E-state index in [0.29, 0.717) is 21.8 Å². The van der Waals surface area contributed by atoms with Crippen LogP contribution < -0.4 is 5.32 Å². The van der Waals surface area contributed by atoms with E-state index in [4.69, 9.17) is 4.74 Å². The van der Waals surface area contributed by atoms with Crippen molar-refractivity contribution in [1.82, 2.24) is 4.98 Å². The van der Waals surface area contributed by atoms with E-state index in [-0.39, 0.29) is 16.4 Å². The highest BCUT2D eigenvalue weighted by Gasteiger charge is 2.19. The molecule has 8 heteroatoms. The average molecular weight is 402 g/mol. The van der Waals surface area contributed by atoms with E-state index in [2.05, 4.69) is 10.3 Å². The van der Waals surface area contributed by atoms with Crippen molar-refractivity contribution < 1.29 is 23.1 Å². The largest absolute Gasteiger partial charge is 0.451 e. The summed E-state index contributed by atoms with van der Waals surface area (Å²) in [6, 6.07) is 10.0. The van der Waals surface area contributed by atoms with Crippen LogP contribution in [0.15, 0.2) is 42.5 Å². The summed E-state index contributed by atoms with van der Waals surface area (Å²) in [6.07, 6.45) is 0. The summed E-state index contributed by atoms with van der Waals surface area (Å²) in [5.74, 6) is -2.08. The quantitative estimate of drug-likeness (QED) is 0.638. The highest BCUT2D eigenvalue weighted by atomic mass is 32.1. The normalized spacial score (nSPS) is 10.6. The third-order valence-corrected chi connectivity index (χ3v) is 5.05. The van der Waals surface area contributed by atoms with Gasteiger partial charge in [0.2, 0.25) is 0 Å². The highest BCUT2D eigenvalue weighted by Crippen LogP contribution is 2.28. The molecular weight excluding hydrogens is 386 g/mol. The molecule has 28 heavy (non-hydrogen) atoms. The number of aromatic nitrogens is 1. The molecule has 0 saturated carbocycles. The molecule has 0 aliphatic rings. The number of halogens is 2. The number of thiazole rings is 1. The van der Waals surface area contributed by atoms with Crippen molar-refractivity contribution in [3.8, 4) is 10.6 Å². The molecule has 0 aliphatic carbocycles. The minimum Gasteiger partial charge on any atom is -0.451 e. The number of nitrogens with one attached hydrogen (secondary N) is 1. The van der Waals surface area contributed by atoms with Crippen LogP contribution >= 0.6 is 11.3 Å². The molecule has 1 aromatic heterocycles. The first-order valence-corrected chi connectivity index (χ1v) is 9.11. The van der Waals surface area contributed by atoms with E-state index in [1.807, 2.05) is 0 Å². The molecule has 0 bridgehead atoms. The Morgan fingerprint density at radius 1 is 1.11 bits per heavy atom. The Morgan fingerprint density at radius 3 is 2.50 bits per heavy atom. The molecule has 1 N–H and O–H groups in total. The molecule has 0 saturated heterocycles. The maximum Gasteiger partial charge on any atom is 0.350 e. The summed E-state index contributed by atoms with van der Waals surface area (Å²) in [5, 5.41) is 3.01. The molecule has 1 amide bonds. The average Bonchev–Trinajstić information content (AvgIpc) is 3.05. The Hall–Kier alpha value is -3.13. The molecule has 0 aliphatic heterocycles. The van der Waals surface area contributed by atoms with Gasteiger partial charge in [-0.25, -0.2) is 18.6 Å². The van der Waals surface area contributed by atoms with Crippen LogP contribution in [0.1, 0.15) is 20.9 Å². The number of anilines is 1. The van der Waals surface area contributed by atoms with Crippen molar-refractivity contribution in [2.24, 2.45) is 0 Å². The van der Waals surface area contributed by atoms with Crippen LogP contribution in [-0.2, 0) is 9.53 Å². The maximum absolute atomic E-state index is 13.5. The topological polar surface area (TPSA) is 68.3 Å². The first kappa shape index (κ1) is 19.6. The van der Waals surface area contributed by atoms with Gasteiger partial charge in [0.05, 0.1) is 5.69 Å². The smallest absolute Gasteiger partial charge is 0.350 e. The van der Waals surface area contributed by atoms with E-state index in [1.165, 1.54) is 24.3 Å². The zero-order chi connectivity index (χ0) is 20.3. The van der Waals surface area contributed by atoms with Crippen LogP contribution in [0.2, 0.25) is 0 Å². The Kier molecular flexibility index (Phi) is 5.79. The lowest BCUT2D eigenvalue weighted by molar-refractivity contribution is -0.119. The molecule has 5 nitrogen and oxygen atoms in total. The molecule has 0 spiro atoms. The van der Waals surface area contributed by atoms with Gasteiger partial charge in [-0.1, -0.05) is 6.07 Å². The summed E-state index contributed by atoms with van der Waals surface area (Å²) in [6.45, 7) is 2.74. The minimum absolute atomic E-state index is 0.258. The van der Waals surface area contributed by atoms with Gasteiger partial charge in [-0.3, -0.25) is 4.79 Å². The van der Waals surface area contributed by atoms with Gasteiger partial charge in [0.1, 0.15) is 21.5 Å². The molecule has 3 aromatic rings. The van der Waals surface area contributed by atoms with Crippen LogP contribution in [0.25, 0.3) is 10.6 Å². The number of carbonyl (C=O) groups excluding carboxylic acids is 2. The zero-order valence-electron chi connectivity index (χ0n) is 15.1. The fraction of sp³-hybridized carbons (Fsp3) is 0.150. The van der Waals surface area contributed by atoms with Crippen molar-refractivity contribution in [2.45, 2.75) is 13.8 Å². The third-order valence-electron chi connectivity index (χ3n) is 3.86. The SMILES string of the molecule is Cc1ccc(NC(=O)COC(=O)c2sc(-c3ccc(F)cc3)nc2C)cc1F. The van der Waals surface area contributed by atoms with Crippen LogP contribution in [-0.4, -0.2) is 23.5 Å². The number of amides is 1. The maximum atomic E-state index is 13.5. The summed E-state index contributed by atoms with van der Waals surface area (Å²) >= 11 is 1.10. The first-order valence-electron chi connectivity index (χ1n) is 8.30. The summed E-state index contributed by atoms with van der Waals surface area (Å²) in [5.41, 5.74) is 1.86. The third kappa shape index (κ3) is 4.58. The van der Waals surface area contributed by atoms with Gasteiger partial charge < -0.3 is 10.1 Å². The van der Waals surface area contributed by atoms with Crippen molar-refractivity contribution in [1.29, 1.82) is 0 Å². The Bertz CT molecular complexity index is 1030. The number of hydrogen-bond donors (Lipinski definition) is 1. The second-order valence-electron chi connectivity index (χ2n) is 6.03. The standard InChI is InChI=1S/C20H16F2N2O3S/c1-11-3-8-15(9-16(11)22)24-17(25)10-27-20(26)18-12(2)23-19(28-18)13-4-6-14(21)7-5-13/h3-9H,10H2,1-2H3,(H,24,25). The highest BCUT2D eigenvalue weighted by molar-refractivity contribution is 7.17. The van der Waals surface area contributed by atoms with Crippen LogP contribution in [0.4, 0.5) is 14.5 Å². The first-order chi connectivity index (χ1) is 13.3. The lowest BCUT2D eigenvalue weighted by Crippen LogP contribution is -2.21. The van der Waals surface area contributed by atoms with Gasteiger partial charge in [-0.15, -0.1) is 11.3 Å². The molecular formula is C20H16F2N2O3S. The van der Waals surface area contributed by atoms with Crippen LogP contribution in [0.5, 0.6) is 0 Å². The predicted molar refractivity (Wildman–Crippen MR) is 102 cm³/mol. The van der Waals surface area contributed by atoms with E-state index >= 15 is 0 Å². The summed E-state index contributed by atoms with van der Waals surface area (Å²) in [4.78, 5) is 28.8. The Labute approximate surface area is 164 Å². The molecule has 0 unspecified atom stereocenters. The number of hydrogen-bond acceptors (Lipinski definition) is 5. The lowest BCUT2D eigenvalue weighted by atomic mass is 10.2. The van der Waals surface area contributed by atoms with Gasteiger partial charge in [-0.2, -0.15) is 0 Å². The van der Waals surface area contributed by atoms with Crippen molar-refractivity contribution in [2.75, 3.05) is 11.9 Å². The van der Waals surface area contributed by atoms with Crippen molar-refractivity contribution in [3.63, 3.8) is 0 Å². The number of aryl methyl sites for hydroxylation is 2. The Morgan fingerprint density at radius 2 is 1.82 bits per heavy atom. The van der Waals surface area contributed by atoms with E-state index in [9.17, 15) is 18.4 Å². The van der Waals surface area contributed by atoms with E-state index < -0.39 is 24.3 Å². The van der Waals surface area contributed by atoms with E-state index in [1.54, 1.807) is 32.0 Å². The second kappa shape index (κ2) is 8.26. The molecule has 0 atom stereocenters. The molecule has 1 heterocycles. The van der Waals surface area contributed by atoms with Gasteiger partial charge >= 0.3 is 5.97 Å². The number of esters is 1. The van der Waals surface area contributed by atoms with Crippen molar-refractivity contribution in [3.05, 3.63) is 70.2 Å². The molecule has 0 fully saturated rings. The van der Waals surface area contributed by atoms with E-state index in [0.717, 1.165) is 11.3 Å².